The lowest BCUT2D eigenvalue weighted by atomic mass is 10.1. The Hall–Kier alpha value is -2.69. The van der Waals surface area contributed by atoms with Crippen LogP contribution in [-0.2, 0) is 11.3 Å². The summed E-state index contributed by atoms with van der Waals surface area (Å²) in [6, 6.07) is 4.57. The third kappa shape index (κ3) is 5.72. The molecule has 1 aliphatic heterocycles. The van der Waals surface area contributed by atoms with E-state index in [4.69, 9.17) is 32.7 Å². The number of amidine groups is 1. The van der Waals surface area contributed by atoms with Gasteiger partial charge in [0.15, 0.2) is 18.4 Å². The zero-order valence-electron chi connectivity index (χ0n) is 17.5. The third-order valence-corrected chi connectivity index (χ3v) is 4.50. The fraction of sp³-hybridized carbons (Fsp3) is 0.350. The van der Waals surface area contributed by atoms with Crippen molar-refractivity contribution in [2.24, 2.45) is 16.7 Å². The summed E-state index contributed by atoms with van der Waals surface area (Å²) in [6.45, 7) is 4.48. The van der Waals surface area contributed by atoms with E-state index in [1.165, 1.54) is 19.2 Å². The maximum atomic E-state index is 14.9. The van der Waals surface area contributed by atoms with Crippen molar-refractivity contribution in [2.45, 2.75) is 20.4 Å². The van der Waals surface area contributed by atoms with Crippen LogP contribution < -0.4 is 21.2 Å². The number of hydrogen-bond acceptors (Lipinski definition) is 6. The smallest absolute Gasteiger partial charge is 0.157 e. The average molecular weight is 460 g/mol. The van der Waals surface area contributed by atoms with Gasteiger partial charge in [0.1, 0.15) is 24.0 Å². The van der Waals surface area contributed by atoms with E-state index in [9.17, 15) is 13.2 Å². The van der Waals surface area contributed by atoms with Crippen molar-refractivity contribution in [1.82, 2.24) is 5.12 Å². The number of halogens is 4. The molecule has 0 aliphatic carbocycles. The molecule has 2 aromatic rings. The van der Waals surface area contributed by atoms with Gasteiger partial charge in [-0.3, -0.25) is 0 Å². The minimum absolute atomic E-state index is 0.0221. The Morgan fingerprint density at radius 3 is 2.65 bits per heavy atom. The highest BCUT2D eigenvalue weighted by atomic mass is 35.5. The lowest BCUT2D eigenvalue weighted by Gasteiger charge is -2.33. The van der Waals surface area contributed by atoms with Crippen molar-refractivity contribution in [3.63, 3.8) is 0 Å². The molecule has 1 aliphatic rings. The van der Waals surface area contributed by atoms with Gasteiger partial charge in [-0.05, 0) is 6.07 Å². The van der Waals surface area contributed by atoms with Crippen molar-refractivity contribution < 1.29 is 22.6 Å². The zero-order chi connectivity index (χ0) is 23.1. The molecule has 7 nitrogen and oxygen atoms in total. The molecule has 0 spiro atoms. The summed E-state index contributed by atoms with van der Waals surface area (Å²) < 4.78 is 52.7. The van der Waals surface area contributed by atoms with E-state index in [2.05, 4.69) is 5.10 Å². The van der Waals surface area contributed by atoms with Crippen LogP contribution >= 0.6 is 11.6 Å². The highest BCUT2D eigenvalue weighted by molar-refractivity contribution is 6.31. The van der Waals surface area contributed by atoms with Crippen LogP contribution in [0.4, 0.5) is 18.9 Å². The molecule has 0 radical (unpaired) electrons. The van der Waals surface area contributed by atoms with E-state index in [0.29, 0.717) is 6.54 Å². The number of hydrazine groups is 1. The van der Waals surface area contributed by atoms with E-state index >= 15 is 0 Å². The van der Waals surface area contributed by atoms with Crippen molar-refractivity contribution in [1.29, 1.82) is 0 Å². The summed E-state index contributed by atoms with van der Waals surface area (Å²) in [5, 5.41) is 4.56. The molecule has 31 heavy (non-hydrogen) atoms. The number of methoxy groups -OCH3 is 1. The standard InChI is InChI=1S/C18H19ClF3N5O2.C2H6/c1-28-9-27(24)25-18(23)15-16(22)12(19)7-14-17(15)26(4-5-29-14)8-10-2-3-11(20)6-13(10)21;1-2/h2-3,6-7H,4-5,8-9,24H2,1H3,(H2,23,25);1-2H3. The van der Waals surface area contributed by atoms with E-state index in [1.807, 2.05) is 13.8 Å². The Bertz CT molecular complexity index is 946. The van der Waals surface area contributed by atoms with Gasteiger partial charge in [-0.25, -0.2) is 24.1 Å². The summed E-state index contributed by atoms with van der Waals surface area (Å²) in [4.78, 5) is 1.66. The van der Waals surface area contributed by atoms with Crippen molar-refractivity contribution >= 4 is 23.1 Å². The number of benzene rings is 2. The molecule has 170 valence electrons. The summed E-state index contributed by atoms with van der Waals surface area (Å²) in [5.74, 6) is 3.39. The fourth-order valence-electron chi connectivity index (χ4n) is 2.99. The Labute approximate surface area is 183 Å². The molecule has 0 fully saturated rings. The van der Waals surface area contributed by atoms with Gasteiger partial charge in [-0.2, -0.15) is 0 Å². The molecule has 3 rings (SSSR count). The second kappa shape index (κ2) is 11.1. The van der Waals surface area contributed by atoms with E-state index in [0.717, 1.165) is 17.3 Å². The van der Waals surface area contributed by atoms with Crippen molar-refractivity contribution in [2.75, 3.05) is 31.9 Å². The first kappa shape index (κ1) is 24.6. The highest BCUT2D eigenvalue weighted by Crippen LogP contribution is 2.40. The molecule has 0 saturated heterocycles. The van der Waals surface area contributed by atoms with E-state index in [1.54, 1.807) is 4.90 Å². The maximum Gasteiger partial charge on any atom is 0.157 e. The van der Waals surface area contributed by atoms with Crippen LogP contribution in [0.3, 0.4) is 0 Å². The van der Waals surface area contributed by atoms with Crippen LogP contribution in [0.1, 0.15) is 25.0 Å². The molecule has 11 heteroatoms. The number of nitrogens with two attached hydrogens (primary N) is 2. The van der Waals surface area contributed by atoms with Crippen LogP contribution in [0.2, 0.25) is 5.02 Å². The number of ether oxygens (including phenoxy) is 2. The molecule has 0 atom stereocenters. The number of fused-ring (bicyclic) bond motifs is 1. The quantitative estimate of drug-likeness (QED) is 0.226. The number of hydrogen-bond donors (Lipinski definition) is 2. The van der Waals surface area contributed by atoms with Gasteiger partial charge in [-0.15, -0.1) is 5.10 Å². The van der Waals surface area contributed by atoms with Crippen LogP contribution in [0.25, 0.3) is 0 Å². The SMILES string of the molecule is CC.COCN(N)/N=C(\N)c1c(F)c(Cl)cc2c1N(Cc1ccc(F)cc1F)CCO2. The summed E-state index contributed by atoms with van der Waals surface area (Å²) in [5.41, 5.74) is 6.32. The molecular weight excluding hydrogens is 435 g/mol. The molecule has 0 bridgehead atoms. The second-order valence-corrected chi connectivity index (χ2v) is 6.65. The Balaban J connectivity index is 0.00000166. The van der Waals surface area contributed by atoms with Gasteiger partial charge in [0.05, 0.1) is 22.8 Å². The van der Waals surface area contributed by atoms with Crippen molar-refractivity contribution in [3.8, 4) is 5.75 Å². The van der Waals surface area contributed by atoms with Gasteiger partial charge < -0.3 is 20.1 Å². The van der Waals surface area contributed by atoms with Crippen LogP contribution in [-0.4, -0.2) is 37.9 Å². The number of rotatable bonds is 6. The zero-order valence-corrected chi connectivity index (χ0v) is 18.2. The first-order valence-electron chi connectivity index (χ1n) is 9.51. The van der Waals surface area contributed by atoms with Gasteiger partial charge in [0.2, 0.25) is 0 Å². The largest absolute Gasteiger partial charge is 0.489 e. The first-order chi connectivity index (χ1) is 14.8. The minimum atomic E-state index is -0.826. The van der Waals surface area contributed by atoms with Gasteiger partial charge >= 0.3 is 0 Å². The maximum absolute atomic E-state index is 14.9. The van der Waals surface area contributed by atoms with E-state index in [-0.39, 0.29) is 53.3 Å². The second-order valence-electron chi connectivity index (χ2n) is 6.24. The highest BCUT2D eigenvalue weighted by Gasteiger charge is 2.29. The summed E-state index contributed by atoms with van der Waals surface area (Å²) >= 11 is 5.99. The third-order valence-electron chi connectivity index (χ3n) is 4.22. The van der Waals surface area contributed by atoms with Crippen LogP contribution in [0.15, 0.2) is 29.4 Å². The number of nitrogens with zero attached hydrogens (tertiary/aromatic N) is 3. The molecule has 0 saturated carbocycles. The molecule has 2 aromatic carbocycles. The lowest BCUT2D eigenvalue weighted by molar-refractivity contribution is 0.0656. The topological polar surface area (TPSA) is 89.3 Å². The Kier molecular flexibility index (Phi) is 8.78. The molecule has 1 heterocycles. The lowest BCUT2D eigenvalue weighted by Crippen LogP contribution is -2.36. The van der Waals surface area contributed by atoms with Crippen molar-refractivity contribution in [3.05, 3.63) is 57.9 Å². The average Bonchev–Trinajstić information content (AvgIpc) is 2.73. The first-order valence-corrected chi connectivity index (χ1v) is 9.89. The normalized spacial score (nSPS) is 13.2. The van der Waals surface area contributed by atoms with Crippen LogP contribution in [0, 0.1) is 17.5 Å². The molecule has 0 amide bonds. The number of hydrazone groups is 1. The molecule has 0 unspecified atom stereocenters. The summed E-state index contributed by atoms with van der Waals surface area (Å²) in [7, 11) is 1.40. The predicted molar refractivity (Wildman–Crippen MR) is 114 cm³/mol. The Morgan fingerprint density at radius 2 is 2.00 bits per heavy atom. The van der Waals surface area contributed by atoms with Gasteiger partial charge in [-0.1, -0.05) is 31.5 Å². The fourth-order valence-corrected chi connectivity index (χ4v) is 3.19. The number of anilines is 1. The Morgan fingerprint density at radius 1 is 1.29 bits per heavy atom. The van der Waals surface area contributed by atoms with Crippen LogP contribution in [0.5, 0.6) is 5.75 Å². The van der Waals surface area contributed by atoms with Gasteiger partial charge in [0.25, 0.3) is 0 Å². The van der Waals surface area contributed by atoms with Gasteiger partial charge in [0, 0.05) is 31.4 Å². The molecule has 4 N–H and O–H groups in total. The summed E-state index contributed by atoms with van der Waals surface area (Å²) in [6.07, 6.45) is 0. The molecule has 0 aromatic heterocycles. The predicted octanol–water partition coefficient (Wildman–Crippen LogP) is 3.58. The molecular formula is C20H25ClF3N5O2. The van der Waals surface area contributed by atoms with E-state index < -0.39 is 17.5 Å². The monoisotopic (exact) mass is 459 g/mol. The minimum Gasteiger partial charge on any atom is -0.489 e.